The van der Waals surface area contributed by atoms with Crippen molar-refractivity contribution in [2.75, 3.05) is 19.7 Å². The Kier molecular flexibility index (Phi) is 5.34. The van der Waals surface area contributed by atoms with Gasteiger partial charge in [-0.1, -0.05) is 35.9 Å². The Morgan fingerprint density at radius 2 is 1.96 bits per heavy atom. The second-order valence-corrected chi connectivity index (χ2v) is 7.71. The van der Waals surface area contributed by atoms with Gasteiger partial charge in [0.2, 0.25) is 0 Å². The monoisotopic (exact) mass is 352 g/mol. The molecule has 138 valence electrons. The van der Waals surface area contributed by atoms with Gasteiger partial charge in [0, 0.05) is 32.3 Å². The predicted molar refractivity (Wildman–Crippen MR) is 102 cm³/mol. The van der Waals surface area contributed by atoms with E-state index in [4.69, 9.17) is 9.47 Å². The maximum absolute atomic E-state index is 6.22. The number of nitrogens with zero attached hydrogens (tertiary/aromatic N) is 2. The third kappa shape index (κ3) is 4.32. The molecule has 0 amide bonds. The van der Waals surface area contributed by atoms with Crippen LogP contribution in [0.15, 0.2) is 48.7 Å². The van der Waals surface area contributed by atoms with Crippen LogP contribution in [0.4, 0.5) is 0 Å². The van der Waals surface area contributed by atoms with Crippen molar-refractivity contribution in [1.29, 1.82) is 0 Å². The van der Waals surface area contributed by atoms with Crippen LogP contribution in [0.2, 0.25) is 0 Å². The molecule has 1 atom stereocenters. The van der Waals surface area contributed by atoms with E-state index >= 15 is 0 Å². The third-order valence-corrected chi connectivity index (χ3v) is 5.66. The Morgan fingerprint density at radius 1 is 1.15 bits per heavy atom. The van der Waals surface area contributed by atoms with E-state index in [0.717, 1.165) is 44.6 Å². The van der Waals surface area contributed by atoms with Gasteiger partial charge in [0.05, 0.1) is 30.6 Å². The van der Waals surface area contributed by atoms with Crippen molar-refractivity contribution in [1.82, 2.24) is 9.88 Å². The quantitative estimate of drug-likeness (QED) is 0.821. The number of aryl methyl sites for hydroxylation is 1. The minimum atomic E-state index is 0.0263. The van der Waals surface area contributed by atoms with Crippen molar-refractivity contribution in [2.45, 2.75) is 51.0 Å². The van der Waals surface area contributed by atoms with E-state index in [1.165, 1.54) is 11.1 Å². The lowest BCUT2D eigenvalue weighted by Crippen LogP contribution is -2.43. The average molecular weight is 352 g/mol. The molecule has 2 aliphatic heterocycles. The predicted octanol–water partition coefficient (Wildman–Crippen LogP) is 3.73. The molecule has 0 saturated carbocycles. The molecule has 2 fully saturated rings. The van der Waals surface area contributed by atoms with Crippen LogP contribution in [0.1, 0.15) is 36.1 Å². The van der Waals surface area contributed by atoms with E-state index in [9.17, 15) is 0 Å². The van der Waals surface area contributed by atoms with Crippen molar-refractivity contribution in [3.05, 3.63) is 65.5 Å². The topological polar surface area (TPSA) is 34.6 Å². The second-order valence-electron chi connectivity index (χ2n) is 7.71. The fraction of sp³-hybridized carbons (Fsp3) is 0.500. The Balaban J connectivity index is 1.24. The van der Waals surface area contributed by atoms with Gasteiger partial charge in [-0.15, -0.1) is 0 Å². The van der Waals surface area contributed by atoms with Crippen molar-refractivity contribution >= 4 is 0 Å². The summed E-state index contributed by atoms with van der Waals surface area (Å²) in [7, 11) is 0. The Hall–Kier alpha value is -1.75. The number of piperidine rings is 1. The van der Waals surface area contributed by atoms with Crippen LogP contribution in [0.3, 0.4) is 0 Å². The molecule has 4 nitrogen and oxygen atoms in total. The molecule has 2 aliphatic rings. The molecule has 3 heterocycles. The van der Waals surface area contributed by atoms with E-state index in [1.54, 1.807) is 0 Å². The van der Waals surface area contributed by atoms with Gasteiger partial charge in [-0.3, -0.25) is 9.88 Å². The van der Waals surface area contributed by atoms with Crippen LogP contribution in [-0.2, 0) is 22.6 Å². The number of benzene rings is 1. The number of hydrogen-bond acceptors (Lipinski definition) is 4. The fourth-order valence-corrected chi connectivity index (χ4v) is 4.02. The van der Waals surface area contributed by atoms with Gasteiger partial charge in [-0.2, -0.15) is 0 Å². The van der Waals surface area contributed by atoms with Gasteiger partial charge >= 0.3 is 0 Å². The first kappa shape index (κ1) is 17.7. The number of pyridine rings is 1. The van der Waals surface area contributed by atoms with Gasteiger partial charge in [-0.05, 0) is 37.5 Å². The molecule has 0 aliphatic carbocycles. The lowest BCUT2D eigenvalue weighted by Gasteiger charge is -2.38. The van der Waals surface area contributed by atoms with Gasteiger partial charge in [0.25, 0.3) is 0 Å². The molecule has 1 spiro atoms. The van der Waals surface area contributed by atoms with Gasteiger partial charge in [0.15, 0.2) is 0 Å². The highest BCUT2D eigenvalue weighted by molar-refractivity contribution is 5.21. The lowest BCUT2D eigenvalue weighted by atomic mass is 9.88. The highest BCUT2D eigenvalue weighted by Gasteiger charge is 2.43. The molecule has 0 N–H and O–H groups in total. The highest BCUT2D eigenvalue weighted by Crippen LogP contribution is 2.37. The standard InChI is InChI=1S/C22H28N2O2/c1-18-5-7-19(8-6-18)15-24-12-9-22(10-13-24)14-21(17-26-22)25-16-20-4-2-3-11-23-20/h2-8,11,21H,9-10,12-17H2,1H3. The second kappa shape index (κ2) is 7.87. The summed E-state index contributed by atoms with van der Waals surface area (Å²) in [6, 6.07) is 14.8. The van der Waals surface area contributed by atoms with Crippen molar-refractivity contribution < 1.29 is 9.47 Å². The van der Waals surface area contributed by atoms with Crippen molar-refractivity contribution in [3.8, 4) is 0 Å². The normalized spacial score (nSPS) is 22.7. The van der Waals surface area contributed by atoms with Crippen LogP contribution < -0.4 is 0 Å². The lowest BCUT2D eigenvalue weighted by molar-refractivity contribution is -0.0468. The van der Waals surface area contributed by atoms with Gasteiger partial charge in [0.1, 0.15) is 0 Å². The Morgan fingerprint density at radius 3 is 2.69 bits per heavy atom. The Labute approximate surface area is 156 Å². The maximum atomic E-state index is 6.22. The molecule has 0 radical (unpaired) electrons. The van der Waals surface area contributed by atoms with E-state index in [0.29, 0.717) is 13.2 Å². The van der Waals surface area contributed by atoms with Crippen LogP contribution in [0, 0.1) is 6.92 Å². The zero-order valence-corrected chi connectivity index (χ0v) is 15.6. The van der Waals surface area contributed by atoms with Gasteiger partial charge < -0.3 is 9.47 Å². The molecule has 4 rings (SSSR count). The molecule has 2 aromatic rings. The molecule has 2 saturated heterocycles. The molecule has 1 aromatic heterocycles. The molecule has 1 aromatic carbocycles. The molecule has 1 unspecified atom stereocenters. The van der Waals surface area contributed by atoms with Crippen molar-refractivity contribution in [2.24, 2.45) is 0 Å². The summed E-state index contributed by atoms with van der Waals surface area (Å²) < 4.78 is 12.3. The summed E-state index contributed by atoms with van der Waals surface area (Å²) in [4.78, 5) is 6.87. The van der Waals surface area contributed by atoms with Crippen LogP contribution in [-0.4, -0.2) is 41.3 Å². The molecule has 0 bridgehead atoms. The summed E-state index contributed by atoms with van der Waals surface area (Å²) >= 11 is 0. The largest absolute Gasteiger partial charge is 0.372 e. The van der Waals surface area contributed by atoms with Crippen LogP contribution >= 0.6 is 0 Å². The van der Waals surface area contributed by atoms with Gasteiger partial charge in [-0.25, -0.2) is 0 Å². The first-order valence-electron chi connectivity index (χ1n) is 9.64. The minimum Gasteiger partial charge on any atom is -0.372 e. The molecular formula is C22H28N2O2. The van der Waals surface area contributed by atoms with Crippen LogP contribution in [0.5, 0.6) is 0 Å². The zero-order valence-electron chi connectivity index (χ0n) is 15.6. The van der Waals surface area contributed by atoms with Crippen molar-refractivity contribution in [3.63, 3.8) is 0 Å². The number of rotatable bonds is 5. The summed E-state index contributed by atoms with van der Waals surface area (Å²) in [5.41, 5.74) is 3.73. The molecular weight excluding hydrogens is 324 g/mol. The smallest absolute Gasteiger partial charge is 0.0892 e. The zero-order chi connectivity index (χ0) is 17.8. The SMILES string of the molecule is Cc1ccc(CN2CCC3(CC2)CC(OCc2ccccn2)CO3)cc1. The highest BCUT2D eigenvalue weighted by atomic mass is 16.6. The maximum Gasteiger partial charge on any atom is 0.0892 e. The number of aromatic nitrogens is 1. The van der Waals surface area contributed by atoms with E-state index in [2.05, 4.69) is 41.1 Å². The Bertz CT molecular complexity index is 694. The van der Waals surface area contributed by atoms with E-state index in [-0.39, 0.29) is 11.7 Å². The molecule has 26 heavy (non-hydrogen) atoms. The first-order chi connectivity index (χ1) is 12.7. The number of hydrogen-bond donors (Lipinski definition) is 0. The summed E-state index contributed by atoms with van der Waals surface area (Å²) in [6.45, 7) is 6.66. The first-order valence-corrected chi connectivity index (χ1v) is 9.64. The molecule has 4 heteroatoms. The number of ether oxygens (including phenoxy) is 2. The summed E-state index contributed by atoms with van der Waals surface area (Å²) in [5.74, 6) is 0. The minimum absolute atomic E-state index is 0.0263. The van der Waals surface area contributed by atoms with E-state index in [1.807, 2.05) is 24.4 Å². The third-order valence-electron chi connectivity index (χ3n) is 5.66. The van der Waals surface area contributed by atoms with Crippen LogP contribution in [0.25, 0.3) is 0 Å². The van der Waals surface area contributed by atoms with E-state index < -0.39 is 0 Å². The summed E-state index contributed by atoms with van der Waals surface area (Å²) in [6.07, 6.45) is 5.22. The number of likely N-dealkylation sites (tertiary alicyclic amines) is 1. The fourth-order valence-electron chi connectivity index (χ4n) is 4.02. The average Bonchev–Trinajstić information content (AvgIpc) is 3.08. The summed E-state index contributed by atoms with van der Waals surface area (Å²) in [5, 5.41) is 0.